The Morgan fingerprint density at radius 3 is 2.17 bits per heavy atom. The van der Waals surface area contributed by atoms with Gasteiger partial charge in [0.25, 0.3) is 0 Å². The first-order valence-electron chi connectivity index (χ1n) is 7.52. The molecular weight excluding hydrogens is 313 g/mol. The van der Waals surface area contributed by atoms with Crippen LogP contribution in [0.3, 0.4) is 0 Å². The van der Waals surface area contributed by atoms with E-state index in [-0.39, 0.29) is 5.56 Å². The van der Waals surface area contributed by atoms with E-state index in [1.807, 2.05) is 12.1 Å². The highest BCUT2D eigenvalue weighted by molar-refractivity contribution is 5.70. The molecule has 0 spiro atoms. The van der Waals surface area contributed by atoms with Crippen molar-refractivity contribution in [3.63, 3.8) is 0 Å². The maximum atomic E-state index is 13.5. The van der Waals surface area contributed by atoms with Crippen LogP contribution in [0.25, 0.3) is 16.8 Å². The van der Waals surface area contributed by atoms with Gasteiger partial charge in [-0.2, -0.15) is 18.3 Å². The van der Waals surface area contributed by atoms with E-state index in [1.54, 1.807) is 49.4 Å². The number of hydrogen-bond acceptors (Lipinski definition) is 1. The van der Waals surface area contributed by atoms with Crippen molar-refractivity contribution in [3.8, 4) is 16.8 Å². The summed E-state index contributed by atoms with van der Waals surface area (Å²) in [5.74, 6) is 0. The van der Waals surface area contributed by atoms with Gasteiger partial charge >= 0.3 is 6.18 Å². The number of alkyl halides is 3. The zero-order valence-corrected chi connectivity index (χ0v) is 13.1. The number of nitrogens with zero attached hydrogens (tertiary/aromatic N) is 2. The predicted molar refractivity (Wildman–Crippen MR) is 87.8 cm³/mol. The molecule has 2 nitrogen and oxygen atoms in total. The molecule has 0 aliphatic rings. The highest BCUT2D eigenvalue weighted by Crippen LogP contribution is 2.39. The molecule has 3 rings (SSSR count). The maximum absolute atomic E-state index is 13.5. The van der Waals surface area contributed by atoms with E-state index in [0.717, 1.165) is 5.56 Å². The molecule has 0 fully saturated rings. The van der Waals surface area contributed by atoms with Gasteiger partial charge < -0.3 is 0 Å². The summed E-state index contributed by atoms with van der Waals surface area (Å²) in [5, 5.41) is 3.86. The van der Waals surface area contributed by atoms with Crippen LogP contribution in [0.2, 0.25) is 0 Å². The van der Waals surface area contributed by atoms with Gasteiger partial charge in [0, 0.05) is 11.3 Å². The largest absolute Gasteiger partial charge is 0.435 e. The van der Waals surface area contributed by atoms with E-state index in [4.69, 9.17) is 0 Å². The zero-order valence-electron chi connectivity index (χ0n) is 13.1. The van der Waals surface area contributed by atoms with Crippen molar-refractivity contribution in [2.75, 3.05) is 0 Å². The third-order valence-electron chi connectivity index (χ3n) is 3.92. The van der Waals surface area contributed by atoms with Gasteiger partial charge in [-0.05, 0) is 43.5 Å². The van der Waals surface area contributed by atoms with Crippen LogP contribution in [0.15, 0.2) is 54.6 Å². The van der Waals surface area contributed by atoms with Crippen LogP contribution in [0.1, 0.15) is 17.0 Å². The molecular formula is C19H16F3N2. The Hall–Kier alpha value is -2.56. The van der Waals surface area contributed by atoms with Gasteiger partial charge in [-0.3, -0.25) is 0 Å². The third-order valence-corrected chi connectivity index (χ3v) is 3.92. The Bertz CT molecular complexity index is 832. The van der Waals surface area contributed by atoms with Crippen LogP contribution in [-0.2, 0) is 12.6 Å². The molecule has 0 amide bonds. The van der Waals surface area contributed by atoms with Crippen molar-refractivity contribution in [1.29, 1.82) is 0 Å². The second-order valence-electron chi connectivity index (χ2n) is 5.50. The van der Waals surface area contributed by atoms with Gasteiger partial charge in [-0.1, -0.05) is 42.5 Å². The topological polar surface area (TPSA) is 17.8 Å². The summed E-state index contributed by atoms with van der Waals surface area (Å²) in [4.78, 5) is 0. The molecule has 1 heterocycles. The fraction of sp³-hybridized carbons (Fsp3) is 0.158. The van der Waals surface area contributed by atoms with Crippen molar-refractivity contribution in [2.45, 2.75) is 19.5 Å². The summed E-state index contributed by atoms with van der Waals surface area (Å²) in [6, 6.07) is 15.7. The molecule has 123 valence electrons. The highest BCUT2D eigenvalue weighted by Gasteiger charge is 2.39. The monoisotopic (exact) mass is 329 g/mol. The van der Waals surface area contributed by atoms with Crippen LogP contribution in [0, 0.1) is 13.8 Å². The molecule has 3 aromatic rings. The first-order chi connectivity index (χ1) is 11.4. The molecule has 5 heteroatoms. The summed E-state index contributed by atoms with van der Waals surface area (Å²) in [6.07, 6.45) is -3.89. The van der Waals surface area contributed by atoms with Gasteiger partial charge in [-0.25, -0.2) is 4.68 Å². The lowest BCUT2D eigenvalue weighted by Gasteiger charge is -2.07. The smallest absolute Gasteiger partial charge is 0.237 e. The number of rotatable bonds is 3. The molecule has 1 radical (unpaired) electrons. The quantitative estimate of drug-likeness (QED) is 0.642. The molecule has 2 aromatic carbocycles. The summed E-state index contributed by atoms with van der Waals surface area (Å²) in [7, 11) is 0. The molecule has 1 aromatic heterocycles. The van der Waals surface area contributed by atoms with E-state index in [9.17, 15) is 13.2 Å². The molecule has 0 atom stereocenters. The summed E-state index contributed by atoms with van der Waals surface area (Å²) in [6.45, 7) is 5.45. The number of aromatic nitrogens is 2. The Kier molecular flexibility index (Phi) is 4.18. The average molecular weight is 329 g/mol. The van der Waals surface area contributed by atoms with E-state index in [2.05, 4.69) is 12.0 Å². The predicted octanol–water partition coefficient (Wildman–Crippen LogP) is 5.24. The van der Waals surface area contributed by atoms with Crippen molar-refractivity contribution < 1.29 is 13.2 Å². The van der Waals surface area contributed by atoms with E-state index in [1.165, 1.54) is 4.68 Å². The van der Waals surface area contributed by atoms with Crippen LogP contribution < -0.4 is 0 Å². The van der Waals surface area contributed by atoms with E-state index < -0.39 is 11.9 Å². The normalized spacial score (nSPS) is 11.7. The number of benzene rings is 2. The second-order valence-corrected chi connectivity index (χ2v) is 5.50. The summed E-state index contributed by atoms with van der Waals surface area (Å²) < 4.78 is 41.8. The van der Waals surface area contributed by atoms with Gasteiger partial charge in [0.05, 0.1) is 5.69 Å². The second kappa shape index (κ2) is 6.15. The maximum Gasteiger partial charge on any atom is 0.435 e. The van der Waals surface area contributed by atoms with Crippen LogP contribution in [0.4, 0.5) is 13.2 Å². The number of hydrogen-bond donors (Lipinski definition) is 0. The molecule has 0 saturated carbocycles. The Labute approximate surface area is 138 Å². The standard InChI is InChI=1S/C19H16F3N2/c1-3-14-9-11-16(12-10-14)24-13(2)17(15-7-5-4-6-8-15)18(23-24)19(20,21)22/h4-12H,1,3H2,2H3. The van der Waals surface area contributed by atoms with Gasteiger partial charge in [0.15, 0.2) is 5.69 Å². The Morgan fingerprint density at radius 1 is 1.00 bits per heavy atom. The van der Waals surface area contributed by atoms with Gasteiger partial charge in [0.2, 0.25) is 0 Å². The van der Waals surface area contributed by atoms with E-state index in [0.29, 0.717) is 23.4 Å². The third kappa shape index (κ3) is 2.94. The minimum absolute atomic E-state index is 0.115. The summed E-state index contributed by atoms with van der Waals surface area (Å²) >= 11 is 0. The first kappa shape index (κ1) is 16.3. The number of halogens is 3. The minimum Gasteiger partial charge on any atom is -0.237 e. The van der Waals surface area contributed by atoms with Crippen molar-refractivity contribution in [1.82, 2.24) is 9.78 Å². The fourth-order valence-corrected chi connectivity index (χ4v) is 2.71. The van der Waals surface area contributed by atoms with Crippen molar-refractivity contribution in [2.24, 2.45) is 0 Å². The lowest BCUT2D eigenvalue weighted by molar-refractivity contribution is -0.140. The van der Waals surface area contributed by atoms with Crippen LogP contribution >= 0.6 is 0 Å². The molecule has 0 aliphatic heterocycles. The zero-order chi connectivity index (χ0) is 17.3. The van der Waals surface area contributed by atoms with Crippen molar-refractivity contribution >= 4 is 0 Å². The minimum atomic E-state index is -4.52. The Balaban J connectivity index is 2.20. The van der Waals surface area contributed by atoms with Gasteiger partial charge in [-0.15, -0.1) is 0 Å². The van der Waals surface area contributed by atoms with Crippen molar-refractivity contribution in [3.05, 3.63) is 78.5 Å². The molecule has 0 unspecified atom stereocenters. The van der Waals surface area contributed by atoms with Crippen LogP contribution in [0.5, 0.6) is 0 Å². The Morgan fingerprint density at radius 2 is 1.62 bits per heavy atom. The molecule has 0 bridgehead atoms. The first-order valence-corrected chi connectivity index (χ1v) is 7.52. The fourth-order valence-electron chi connectivity index (χ4n) is 2.71. The lowest BCUT2D eigenvalue weighted by atomic mass is 10.0. The summed E-state index contributed by atoms with van der Waals surface area (Å²) in [5.41, 5.74) is 1.82. The van der Waals surface area contributed by atoms with Gasteiger partial charge in [0.1, 0.15) is 0 Å². The highest BCUT2D eigenvalue weighted by atomic mass is 19.4. The van der Waals surface area contributed by atoms with Crippen LogP contribution in [-0.4, -0.2) is 9.78 Å². The molecule has 0 saturated heterocycles. The SMILES string of the molecule is [CH2]Cc1ccc(-n2nc(C(F)(F)F)c(-c3ccccc3)c2C)cc1. The molecule has 0 aliphatic carbocycles. The van der Waals surface area contributed by atoms with E-state index >= 15 is 0 Å². The average Bonchev–Trinajstić information content (AvgIpc) is 2.93. The molecule has 24 heavy (non-hydrogen) atoms. The molecule has 0 N–H and O–H groups in total. The lowest BCUT2D eigenvalue weighted by Crippen LogP contribution is -2.08.